The van der Waals surface area contributed by atoms with Gasteiger partial charge in [0.05, 0.1) is 18.4 Å². The van der Waals surface area contributed by atoms with Gasteiger partial charge in [-0.3, -0.25) is 10.1 Å². The second kappa shape index (κ2) is 7.83. The largest absolute Gasteiger partial charge is 0.491 e. The number of aromatic nitrogens is 2. The third-order valence-electron chi connectivity index (χ3n) is 3.41. The number of hydrogen-bond acceptors (Lipinski definition) is 6. The van der Waals surface area contributed by atoms with E-state index >= 15 is 0 Å². The SMILES string of the molecule is COCCNc1cc(C(=N)c2cc(OC(C)C)ccc2N)nn1C. The molecule has 1 aromatic heterocycles. The third kappa shape index (κ3) is 4.26. The smallest absolute Gasteiger partial charge is 0.124 e. The number of hydrogen-bond donors (Lipinski definition) is 3. The van der Waals surface area contributed by atoms with Crippen LogP contribution in [-0.2, 0) is 11.8 Å². The molecular formula is C17H25N5O2. The summed E-state index contributed by atoms with van der Waals surface area (Å²) in [6.07, 6.45) is 0.0575. The first kappa shape index (κ1) is 17.8. The number of nitrogens with zero attached hydrogens (tertiary/aromatic N) is 2. The van der Waals surface area contributed by atoms with E-state index in [2.05, 4.69) is 10.4 Å². The van der Waals surface area contributed by atoms with E-state index in [4.69, 9.17) is 20.6 Å². The number of rotatable bonds is 8. The Kier molecular flexibility index (Phi) is 5.81. The van der Waals surface area contributed by atoms with Crippen molar-refractivity contribution in [1.82, 2.24) is 9.78 Å². The van der Waals surface area contributed by atoms with E-state index in [1.54, 1.807) is 23.9 Å². The highest BCUT2D eigenvalue weighted by molar-refractivity contribution is 6.13. The number of ether oxygens (including phenoxy) is 2. The van der Waals surface area contributed by atoms with Crippen molar-refractivity contribution in [3.8, 4) is 5.75 Å². The molecule has 2 rings (SSSR count). The average molecular weight is 331 g/mol. The first-order chi connectivity index (χ1) is 11.4. The molecular weight excluding hydrogens is 306 g/mol. The Morgan fingerprint density at radius 3 is 2.79 bits per heavy atom. The Morgan fingerprint density at radius 2 is 2.12 bits per heavy atom. The molecule has 24 heavy (non-hydrogen) atoms. The van der Waals surface area contributed by atoms with Crippen LogP contribution >= 0.6 is 0 Å². The first-order valence-corrected chi connectivity index (χ1v) is 7.84. The van der Waals surface area contributed by atoms with Gasteiger partial charge in [0, 0.05) is 38.0 Å². The van der Waals surface area contributed by atoms with Crippen LogP contribution in [0.5, 0.6) is 5.75 Å². The maximum absolute atomic E-state index is 8.45. The van der Waals surface area contributed by atoms with Crippen molar-refractivity contribution in [3.63, 3.8) is 0 Å². The summed E-state index contributed by atoms with van der Waals surface area (Å²) in [6, 6.07) is 7.17. The van der Waals surface area contributed by atoms with Crippen LogP contribution in [0.1, 0.15) is 25.1 Å². The predicted molar refractivity (Wildman–Crippen MR) is 96.1 cm³/mol. The van der Waals surface area contributed by atoms with E-state index in [1.807, 2.05) is 33.0 Å². The second-order valence-electron chi connectivity index (χ2n) is 5.75. The molecule has 0 saturated carbocycles. The average Bonchev–Trinajstić information content (AvgIpc) is 2.89. The molecule has 130 valence electrons. The first-order valence-electron chi connectivity index (χ1n) is 7.84. The van der Waals surface area contributed by atoms with Crippen LogP contribution in [0.2, 0.25) is 0 Å². The number of aryl methyl sites for hydroxylation is 1. The van der Waals surface area contributed by atoms with Gasteiger partial charge in [0.1, 0.15) is 17.3 Å². The van der Waals surface area contributed by atoms with Gasteiger partial charge in [-0.25, -0.2) is 0 Å². The summed E-state index contributed by atoms with van der Waals surface area (Å²) in [5.74, 6) is 1.51. The fourth-order valence-corrected chi connectivity index (χ4v) is 2.27. The highest BCUT2D eigenvalue weighted by atomic mass is 16.5. The molecule has 0 aliphatic carbocycles. The van der Waals surface area contributed by atoms with Crippen LogP contribution in [0.25, 0.3) is 0 Å². The summed E-state index contributed by atoms with van der Waals surface area (Å²) in [5, 5.41) is 16.1. The van der Waals surface area contributed by atoms with Crippen LogP contribution < -0.4 is 15.8 Å². The van der Waals surface area contributed by atoms with Crippen molar-refractivity contribution in [2.75, 3.05) is 31.3 Å². The van der Waals surface area contributed by atoms with Gasteiger partial charge in [0.2, 0.25) is 0 Å². The molecule has 1 heterocycles. The van der Waals surface area contributed by atoms with Gasteiger partial charge < -0.3 is 20.5 Å². The molecule has 0 saturated heterocycles. The summed E-state index contributed by atoms with van der Waals surface area (Å²) < 4.78 is 12.4. The van der Waals surface area contributed by atoms with Crippen LogP contribution in [0.15, 0.2) is 24.3 Å². The molecule has 0 aliphatic heterocycles. The van der Waals surface area contributed by atoms with Gasteiger partial charge in [-0.05, 0) is 32.0 Å². The summed E-state index contributed by atoms with van der Waals surface area (Å²) in [7, 11) is 3.48. The van der Waals surface area contributed by atoms with E-state index < -0.39 is 0 Å². The van der Waals surface area contributed by atoms with Crippen LogP contribution in [0, 0.1) is 5.41 Å². The van der Waals surface area contributed by atoms with Crippen molar-refractivity contribution in [3.05, 3.63) is 35.5 Å². The molecule has 2 aromatic rings. The summed E-state index contributed by atoms with van der Waals surface area (Å²) in [6.45, 7) is 5.18. The molecule has 7 nitrogen and oxygen atoms in total. The van der Waals surface area contributed by atoms with Crippen molar-refractivity contribution in [2.45, 2.75) is 20.0 Å². The quantitative estimate of drug-likeness (QED) is 0.391. The molecule has 0 spiro atoms. The monoisotopic (exact) mass is 331 g/mol. The molecule has 0 aliphatic rings. The number of nitrogens with one attached hydrogen (secondary N) is 2. The lowest BCUT2D eigenvalue weighted by atomic mass is 10.1. The minimum absolute atomic E-state index is 0.0575. The van der Waals surface area contributed by atoms with E-state index in [9.17, 15) is 0 Å². The van der Waals surface area contributed by atoms with Gasteiger partial charge >= 0.3 is 0 Å². The summed E-state index contributed by atoms with van der Waals surface area (Å²) >= 11 is 0. The fourth-order valence-electron chi connectivity index (χ4n) is 2.27. The molecule has 0 fully saturated rings. The maximum atomic E-state index is 8.45. The van der Waals surface area contributed by atoms with Crippen LogP contribution in [0.3, 0.4) is 0 Å². The topological polar surface area (TPSA) is 98.2 Å². The van der Waals surface area contributed by atoms with E-state index in [0.717, 1.165) is 5.82 Å². The molecule has 0 bridgehead atoms. The van der Waals surface area contributed by atoms with Crippen molar-refractivity contribution < 1.29 is 9.47 Å². The lowest BCUT2D eigenvalue weighted by Gasteiger charge is -2.12. The van der Waals surface area contributed by atoms with Gasteiger partial charge in [-0.1, -0.05) is 0 Å². The minimum atomic E-state index is 0.0575. The van der Waals surface area contributed by atoms with Crippen LogP contribution in [-0.4, -0.2) is 41.9 Å². The molecule has 7 heteroatoms. The Balaban J connectivity index is 2.23. The van der Waals surface area contributed by atoms with Gasteiger partial charge in [-0.2, -0.15) is 5.10 Å². The number of benzene rings is 1. The Labute approximate surface area is 142 Å². The molecule has 4 N–H and O–H groups in total. The minimum Gasteiger partial charge on any atom is -0.491 e. The van der Waals surface area contributed by atoms with Gasteiger partial charge in [0.25, 0.3) is 0 Å². The van der Waals surface area contributed by atoms with Gasteiger partial charge in [0.15, 0.2) is 0 Å². The zero-order valence-electron chi connectivity index (χ0n) is 14.6. The number of methoxy groups -OCH3 is 1. The Morgan fingerprint density at radius 1 is 1.38 bits per heavy atom. The second-order valence-corrected chi connectivity index (χ2v) is 5.75. The maximum Gasteiger partial charge on any atom is 0.124 e. The highest BCUT2D eigenvalue weighted by Gasteiger charge is 2.15. The third-order valence-corrected chi connectivity index (χ3v) is 3.41. The Hall–Kier alpha value is -2.54. The van der Waals surface area contributed by atoms with Gasteiger partial charge in [-0.15, -0.1) is 0 Å². The standard InChI is InChI=1S/C17H25N5O2/c1-11(2)24-12-5-6-14(18)13(9-12)17(19)15-10-16(22(3)21-15)20-7-8-23-4/h5-6,9-11,19-20H,7-8,18H2,1-4H3. The molecule has 0 atom stereocenters. The Bertz CT molecular complexity index is 709. The molecule has 0 amide bonds. The number of nitrogens with two attached hydrogens (primary N) is 1. The fraction of sp³-hybridized carbons (Fsp3) is 0.412. The normalized spacial score (nSPS) is 10.9. The van der Waals surface area contributed by atoms with Crippen molar-refractivity contribution >= 4 is 17.2 Å². The lowest BCUT2D eigenvalue weighted by Crippen LogP contribution is -2.10. The summed E-state index contributed by atoms with van der Waals surface area (Å²) in [4.78, 5) is 0. The predicted octanol–water partition coefficient (Wildman–Crippen LogP) is 2.26. The van der Waals surface area contributed by atoms with E-state index in [0.29, 0.717) is 35.8 Å². The van der Waals surface area contributed by atoms with E-state index in [-0.39, 0.29) is 11.8 Å². The molecule has 0 unspecified atom stereocenters. The molecule has 0 radical (unpaired) electrons. The van der Waals surface area contributed by atoms with Crippen molar-refractivity contribution in [2.24, 2.45) is 7.05 Å². The highest BCUT2D eigenvalue weighted by Crippen LogP contribution is 2.24. The zero-order valence-corrected chi connectivity index (χ0v) is 14.6. The van der Waals surface area contributed by atoms with E-state index in [1.165, 1.54) is 0 Å². The lowest BCUT2D eigenvalue weighted by molar-refractivity contribution is 0.210. The summed E-state index contributed by atoms with van der Waals surface area (Å²) in [5.41, 5.74) is 7.98. The number of anilines is 2. The molecule has 1 aromatic carbocycles. The number of nitrogen functional groups attached to an aromatic ring is 1. The van der Waals surface area contributed by atoms with Crippen LogP contribution in [0.4, 0.5) is 11.5 Å². The van der Waals surface area contributed by atoms with Crippen molar-refractivity contribution in [1.29, 1.82) is 5.41 Å². The zero-order chi connectivity index (χ0) is 17.7.